The van der Waals surface area contributed by atoms with Crippen LogP contribution < -0.4 is 10.2 Å². The zero-order valence-corrected chi connectivity index (χ0v) is 12.7. The molecule has 0 saturated heterocycles. The number of pyridine rings is 1. The van der Waals surface area contributed by atoms with Gasteiger partial charge in [-0.05, 0) is 37.6 Å². The number of rotatable bonds is 5. The van der Waals surface area contributed by atoms with Crippen molar-refractivity contribution >= 4 is 17.3 Å². The first-order valence-electron chi connectivity index (χ1n) is 7.17. The summed E-state index contributed by atoms with van der Waals surface area (Å²) in [7, 11) is 1.75. The van der Waals surface area contributed by atoms with Crippen molar-refractivity contribution in [2.24, 2.45) is 0 Å². The van der Waals surface area contributed by atoms with Crippen molar-refractivity contribution in [1.29, 1.82) is 0 Å². The fourth-order valence-electron chi connectivity index (χ4n) is 1.93. The minimum absolute atomic E-state index is 0.115. The summed E-state index contributed by atoms with van der Waals surface area (Å²) in [6.45, 7) is 4.24. The zero-order valence-electron chi connectivity index (χ0n) is 12.7. The Morgan fingerprint density at radius 2 is 1.95 bits per heavy atom. The van der Waals surface area contributed by atoms with Gasteiger partial charge in [0.05, 0.1) is 11.9 Å². The number of carbonyl (C=O) groups excluding carboxylic acids is 1. The van der Waals surface area contributed by atoms with Crippen molar-refractivity contribution in [3.05, 3.63) is 54.4 Å². The first kappa shape index (κ1) is 15.0. The summed E-state index contributed by atoms with van der Waals surface area (Å²) in [6, 6.07) is 13.6. The first-order chi connectivity index (χ1) is 10.1. The van der Waals surface area contributed by atoms with E-state index in [0.29, 0.717) is 11.7 Å². The summed E-state index contributed by atoms with van der Waals surface area (Å²) >= 11 is 0. The third-order valence-electron chi connectivity index (χ3n) is 3.46. The average molecular weight is 283 g/mol. The van der Waals surface area contributed by atoms with Crippen molar-refractivity contribution in [3.8, 4) is 0 Å². The van der Waals surface area contributed by atoms with E-state index in [-0.39, 0.29) is 5.91 Å². The molecule has 2 aromatic rings. The monoisotopic (exact) mass is 283 g/mol. The number of hydrogen-bond acceptors (Lipinski definition) is 3. The van der Waals surface area contributed by atoms with E-state index in [1.54, 1.807) is 24.2 Å². The Labute approximate surface area is 125 Å². The number of carbonyl (C=O) groups is 1. The molecular formula is C17H21N3O. The van der Waals surface area contributed by atoms with Crippen LogP contribution in [0.4, 0.5) is 11.4 Å². The number of anilines is 2. The second-order valence-corrected chi connectivity index (χ2v) is 5.09. The third kappa shape index (κ3) is 3.81. The highest BCUT2D eigenvalue weighted by atomic mass is 16.2. The van der Waals surface area contributed by atoms with Crippen LogP contribution >= 0.6 is 0 Å². The number of para-hydroxylation sites is 1. The molecule has 4 nitrogen and oxygen atoms in total. The maximum atomic E-state index is 12.4. The first-order valence-corrected chi connectivity index (χ1v) is 7.17. The maximum absolute atomic E-state index is 12.4. The Hall–Kier alpha value is -2.36. The van der Waals surface area contributed by atoms with Gasteiger partial charge in [0.25, 0.3) is 5.91 Å². The van der Waals surface area contributed by atoms with E-state index in [9.17, 15) is 4.79 Å². The average Bonchev–Trinajstić information content (AvgIpc) is 2.55. The largest absolute Gasteiger partial charge is 0.381 e. The SMILES string of the molecule is CCC(C)Nc1ccc(C(=O)N(C)c2ccccc2)nc1. The minimum Gasteiger partial charge on any atom is -0.381 e. The van der Waals surface area contributed by atoms with Gasteiger partial charge < -0.3 is 10.2 Å². The molecule has 0 radical (unpaired) electrons. The van der Waals surface area contributed by atoms with E-state index in [1.807, 2.05) is 36.4 Å². The lowest BCUT2D eigenvalue weighted by Gasteiger charge is -2.17. The predicted octanol–water partition coefficient (Wildman–Crippen LogP) is 3.57. The maximum Gasteiger partial charge on any atom is 0.276 e. The minimum atomic E-state index is -0.115. The van der Waals surface area contributed by atoms with Gasteiger partial charge in [-0.15, -0.1) is 0 Å². The van der Waals surface area contributed by atoms with Crippen LogP contribution in [0.5, 0.6) is 0 Å². The third-order valence-corrected chi connectivity index (χ3v) is 3.46. The van der Waals surface area contributed by atoms with E-state index < -0.39 is 0 Å². The lowest BCUT2D eigenvalue weighted by Crippen LogP contribution is -2.27. The number of nitrogens with zero attached hydrogens (tertiary/aromatic N) is 2. The molecule has 0 spiro atoms. The molecule has 0 fully saturated rings. The molecule has 0 aliphatic carbocycles. The molecule has 1 amide bonds. The van der Waals surface area contributed by atoms with Crippen LogP contribution in [0.1, 0.15) is 30.8 Å². The van der Waals surface area contributed by atoms with Gasteiger partial charge in [0.15, 0.2) is 0 Å². The molecule has 4 heteroatoms. The summed E-state index contributed by atoms with van der Waals surface area (Å²) in [4.78, 5) is 18.2. The molecule has 1 aromatic heterocycles. The molecule has 110 valence electrons. The van der Waals surface area contributed by atoms with Crippen molar-refractivity contribution in [3.63, 3.8) is 0 Å². The van der Waals surface area contributed by atoms with Gasteiger partial charge in [-0.25, -0.2) is 4.98 Å². The molecule has 1 heterocycles. The van der Waals surface area contributed by atoms with Gasteiger partial charge in [-0.2, -0.15) is 0 Å². The van der Waals surface area contributed by atoms with E-state index in [1.165, 1.54) is 0 Å². The normalized spacial score (nSPS) is 11.8. The number of hydrogen-bond donors (Lipinski definition) is 1. The number of amides is 1. The van der Waals surface area contributed by atoms with Gasteiger partial charge in [0.1, 0.15) is 5.69 Å². The highest BCUT2D eigenvalue weighted by Crippen LogP contribution is 2.15. The number of nitrogens with one attached hydrogen (secondary N) is 1. The van der Waals surface area contributed by atoms with Crippen LogP contribution in [0.2, 0.25) is 0 Å². The molecule has 2 rings (SSSR count). The fourth-order valence-corrected chi connectivity index (χ4v) is 1.93. The molecule has 1 aromatic carbocycles. The lowest BCUT2D eigenvalue weighted by atomic mass is 10.2. The highest BCUT2D eigenvalue weighted by molar-refractivity contribution is 6.04. The standard InChI is InChI=1S/C17H21N3O/c1-4-13(2)19-14-10-11-16(18-12-14)17(21)20(3)15-8-6-5-7-9-15/h5-13,19H,4H2,1-3H3. The van der Waals surface area contributed by atoms with E-state index >= 15 is 0 Å². The summed E-state index contributed by atoms with van der Waals surface area (Å²) in [5.41, 5.74) is 2.23. The Morgan fingerprint density at radius 3 is 2.52 bits per heavy atom. The van der Waals surface area contributed by atoms with E-state index in [2.05, 4.69) is 24.1 Å². The molecule has 1 N–H and O–H groups in total. The Kier molecular flexibility index (Phi) is 4.93. The number of aromatic nitrogens is 1. The highest BCUT2D eigenvalue weighted by Gasteiger charge is 2.14. The van der Waals surface area contributed by atoms with E-state index in [0.717, 1.165) is 17.8 Å². The Morgan fingerprint density at radius 1 is 1.24 bits per heavy atom. The number of benzene rings is 1. The van der Waals surface area contributed by atoms with Crippen molar-refractivity contribution in [1.82, 2.24) is 4.98 Å². The molecular weight excluding hydrogens is 262 g/mol. The lowest BCUT2D eigenvalue weighted by molar-refractivity contribution is 0.0988. The van der Waals surface area contributed by atoms with Gasteiger partial charge in [-0.1, -0.05) is 25.1 Å². The zero-order chi connectivity index (χ0) is 15.2. The van der Waals surface area contributed by atoms with Gasteiger partial charge in [0, 0.05) is 18.8 Å². The van der Waals surface area contributed by atoms with Crippen LogP contribution in [-0.2, 0) is 0 Å². The summed E-state index contributed by atoms with van der Waals surface area (Å²) < 4.78 is 0. The molecule has 0 saturated carbocycles. The molecule has 1 atom stereocenters. The quantitative estimate of drug-likeness (QED) is 0.912. The van der Waals surface area contributed by atoms with Gasteiger partial charge in [0.2, 0.25) is 0 Å². The van der Waals surface area contributed by atoms with Crippen LogP contribution in [0.25, 0.3) is 0 Å². The predicted molar refractivity (Wildman–Crippen MR) is 86.8 cm³/mol. The second-order valence-electron chi connectivity index (χ2n) is 5.09. The second kappa shape index (κ2) is 6.88. The van der Waals surface area contributed by atoms with Gasteiger partial charge in [-0.3, -0.25) is 4.79 Å². The fraction of sp³-hybridized carbons (Fsp3) is 0.294. The molecule has 0 aliphatic heterocycles. The topological polar surface area (TPSA) is 45.2 Å². The Bertz CT molecular complexity index is 581. The van der Waals surface area contributed by atoms with Crippen molar-refractivity contribution < 1.29 is 4.79 Å². The molecule has 21 heavy (non-hydrogen) atoms. The van der Waals surface area contributed by atoms with Crippen LogP contribution in [-0.4, -0.2) is 24.0 Å². The molecule has 1 unspecified atom stereocenters. The van der Waals surface area contributed by atoms with Crippen molar-refractivity contribution in [2.75, 3.05) is 17.3 Å². The Balaban J connectivity index is 2.09. The van der Waals surface area contributed by atoms with Crippen LogP contribution in [0.15, 0.2) is 48.7 Å². The summed E-state index contributed by atoms with van der Waals surface area (Å²) in [5, 5.41) is 3.33. The molecule has 0 aliphatic rings. The summed E-state index contributed by atoms with van der Waals surface area (Å²) in [5.74, 6) is -0.115. The van der Waals surface area contributed by atoms with Crippen LogP contribution in [0, 0.1) is 0 Å². The van der Waals surface area contributed by atoms with E-state index in [4.69, 9.17) is 0 Å². The van der Waals surface area contributed by atoms with Crippen LogP contribution in [0.3, 0.4) is 0 Å². The van der Waals surface area contributed by atoms with Crippen molar-refractivity contribution in [2.45, 2.75) is 26.3 Å². The molecule has 0 bridgehead atoms. The smallest absolute Gasteiger partial charge is 0.276 e. The van der Waals surface area contributed by atoms with Gasteiger partial charge >= 0.3 is 0 Å². The summed E-state index contributed by atoms with van der Waals surface area (Å²) in [6.07, 6.45) is 2.75.